The highest BCUT2D eigenvalue weighted by atomic mass is 32.2. The third-order valence-electron chi connectivity index (χ3n) is 3.22. The molecular formula is C13H14N2O7S. The number of carbonyl (C=O) groups excluding carboxylic acids is 2. The number of ether oxygens (including phenoxy) is 1. The van der Waals surface area contributed by atoms with E-state index in [-0.39, 0.29) is 22.8 Å². The number of sulfone groups is 1. The Morgan fingerprint density at radius 2 is 2.13 bits per heavy atom. The molecule has 10 heteroatoms. The number of benzene rings is 1. The highest BCUT2D eigenvalue weighted by Gasteiger charge is 2.29. The van der Waals surface area contributed by atoms with Crippen LogP contribution in [0.15, 0.2) is 24.3 Å². The first-order valence-electron chi connectivity index (χ1n) is 6.68. The molecule has 9 nitrogen and oxygen atoms in total. The molecule has 1 N–H and O–H groups in total. The number of nitro benzene ring substituents is 1. The Labute approximate surface area is 131 Å². The molecule has 1 aromatic rings. The van der Waals surface area contributed by atoms with Crippen LogP contribution in [0.25, 0.3) is 0 Å². The number of nitro groups is 1. The van der Waals surface area contributed by atoms with Crippen molar-refractivity contribution in [2.75, 3.05) is 18.1 Å². The Kier molecular flexibility index (Phi) is 4.94. The largest absolute Gasteiger partial charge is 0.452 e. The minimum Gasteiger partial charge on any atom is -0.452 e. The van der Waals surface area contributed by atoms with Crippen LogP contribution in [-0.4, -0.2) is 49.4 Å². The van der Waals surface area contributed by atoms with Gasteiger partial charge in [0.2, 0.25) is 0 Å². The topological polar surface area (TPSA) is 133 Å². The van der Waals surface area contributed by atoms with Crippen molar-refractivity contribution in [3.05, 3.63) is 39.9 Å². The van der Waals surface area contributed by atoms with Crippen LogP contribution in [0, 0.1) is 10.1 Å². The molecule has 1 fully saturated rings. The molecule has 1 atom stereocenters. The maximum Gasteiger partial charge on any atom is 0.338 e. The Balaban J connectivity index is 1.85. The van der Waals surface area contributed by atoms with E-state index in [9.17, 15) is 28.1 Å². The summed E-state index contributed by atoms with van der Waals surface area (Å²) >= 11 is 0. The van der Waals surface area contributed by atoms with Gasteiger partial charge in [0.15, 0.2) is 16.4 Å². The van der Waals surface area contributed by atoms with Gasteiger partial charge in [-0.1, -0.05) is 6.07 Å². The molecule has 1 aromatic carbocycles. The van der Waals surface area contributed by atoms with Gasteiger partial charge in [-0.25, -0.2) is 13.2 Å². The number of nitrogens with zero attached hydrogens (tertiary/aromatic N) is 1. The number of esters is 1. The van der Waals surface area contributed by atoms with Crippen LogP contribution < -0.4 is 5.32 Å². The first-order valence-corrected chi connectivity index (χ1v) is 8.50. The van der Waals surface area contributed by atoms with E-state index in [1.807, 2.05) is 0 Å². The fraction of sp³-hybridized carbons (Fsp3) is 0.385. The Hall–Kier alpha value is -2.49. The van der Waals surface area contributed by atoms with Crippen LogP contribution in [0.5, 0.6) is 0 Å². The van der Waals surface area contributed by atoms with Gasteiger partial charge in [-0.05, 0) is 12.5 Å². The van der Waals surface area contributed by atoms with Crippen molar-refractivity contribution in [2.24, 2.45) is 0 Å². The quantitative estimate of drug-likeness (QED) is 0.454. The highest BCUT2D eigenvalue weighted by Crippen LogP contribution is 2.14. The molecule has 0 unspecified atom stereocenters. The first-order chi connectivity index (χ1) is 10.8. The number of hydrogen-bond acceptors (Lipinski definition) is 7. The normalized spacial score (nSPS) is 19.0. The number of carbonyl (C=O) groups is 2. The van der Waals surface area contributed by atoms with Crippen molar-refractivity contribution >= 4 is 27.4 Å². The maximum atomic E-state index is 11.7. The number of non-ortho nitro benzene ring substituents is 1. The predicted octanol–water partition coefficient (Wildman–Crippen LogP) is 0.0549. The van der Waals surface area contributed by atoms with Gasteiger partial charge in [-0.2, -0.15) is 0 Å². The SMILES string of the molecule is O=C(COC(=O)c1cccc([N+](=O)[O-])c1)N[C@@H]1CCS(=O)(=O)C1. The smallest absolute Gasteiger partial charge is 0.338 e. The van der Waals surface area contributed by atoms with Gasteiger partial charge in [0, 0.05) is 18.2 Å². The summed E-state index contributed by atoms with van der Waals surface area (Å²) in [5, 5.41) is 13.1. The van der Waals surface area contributed by atoms with Crippen molar-refractivity contribution in [3.8, 4) is 0 Å². The lowest BCUT2D eigenvalue weighted by Crippen LogP contribution is -2.38. The molecule has 1 aliphatic heterocycles. The highest BCUT2D eigenvalue weighted by molar-refractivity contribution is 7.91. The third kappa shape index (κ3) is 4.74. The van der Waals surface area contributed by atoms with Crippen molar-refractivity contribution in [1.82, 2.24) is 5.32 Å². The summed E-state index contributed by atoms with van der Waals surface area (Å²) < 4.78 is 27.3. The molecule has 2 rings (SSSR count). The average molecular weight is 342 g/mol. The van der Waals surface area contributed by atoms with Gasteiger partial charge in [0.05, 0.1) is 22.0 Å². The van der Waals surface area contributed by atoms with Gasteiger partial charge >= 0.3 is 5.97 Å². The van der Waals surface area contributed by atoms with E-state index in [4.69, 9.17) is 4.74 Å². The zero-order valence-electron chi connectivity index (χ0n) is 11.9. The minimum absolute atomic E-state index is 0.0193. The van der Waals surface area contributed by atoms with Crippen molar-refractivity contribution in [1.29, 1.82) is 0 Å². The third-order valence-corrected chi connectivity index (χ3v) is 4.99. The van der Waals surface area contributed by atoms with Crippen molar-refractivity contribution in [2.45, 2.75) is 12.5 Å². The molecule has 0 aromatic heterocycles. The fourth-order valence-corrected chi connectivity index (χ4v) is 3.81. The van der Waals surface area contributed by atoms with Crippen LogP contribution in [-0.2, 0) is 19.4 Å². The lowest BCUT2D eigenvalue weighted by Gasteiger charge is -2.11. The van der Waals surface area contributed by atoms with Gasteiger partial charge in [-0.3, -0.25) is 14.9 Å². The number of hydrogen-bond donors (Lipinski definition) is 1. The van der Waals surface area contributed by atoms with Crippen LogP contribution in [0.2, 0.25) is 0 Å². The number of rotatable bonds is 5. The molecule has 0 saturated carbocycles. The van der Waals surface area contributed by atoms with Crippen molar-refractivity contribution < 1.29 is 27.7 Å². The fourth-order valence-electron chi connectivity index (χ4n) is 2.14. The lowest BCUT2D eigenvalue weighted by molar-refractivity contribution is -0.384. The minimum atomic E-state index is -3.11. The average Bonchev–Trinajstić information content (AvgIpc) is 2.83. The lowest BCUT2D eigenvalue weighted by atomic mass is 10.2. The zero-order chi connectivity index (χ0) is 17.0. The van der Waals surface area contributed by atoms with E-state index in [1.54, 1.807) is 0 Å². The summed E-state index contributed by atoms with van der Waals surface area (Å²) in [5.41, 5.74) is -0.310. The van der Waals surface area contributed by atoms with E-state index in [1.165, 1.54) is 18.2 Å². The molecule has 1 aliphatic rings. The predicted molar refractivity (Wildman–Crippen MR) is 78.6 cm³/mol. The van der Waals surface area contributed by atoms with Gasteiger partial charge in [0.1, 0.15) is 0 Å². The summed E-state index contributed by atoms with van der Waals surface area (Å²) in [7, 11) is -3.11. The van der Waals surface area contributed by atoms with Crippen LogP contribution >= 0.6 is 0 Å². The zero-order valence-corrected chi connectivity index (χ0v) is 12.7. The molecular weight excluding hydrogens is 328 g/mol. The molecule has 1 heterocycles. The molecule has 0 aliphatic carbocycles. The van der Waals surface area contributed by atoms with E-state index in [2.05, 4.69) is 5.32 Å². The van der Waals surface area contributed by atoms with Crippen LogP contribution in [0.4, 0.5) is 5.69 Å². The summed E-state index contributed by atoms with van der Waals surface area (Å²) in [5.74, 6) is -1.60. The second kappa shape index (κ2) is 6.73. The molecule has 0 radical (unpaired) electrons. The molecule has 1 amide bonds. The molecule has 0 spiro atoms. The Morgan fingerprint density at radius 1 is 1.39 bits per heavy atom. The Morgan fingerprint density at radius 3 is 2.74 bits per heavy atom. The molecule has 124 valence electrons. The maximum absolute atomic E-state index is 11.7. The van der Waals surface area contributed by atoms with E-state index in [0.717, 1.165) is 6.07 Å². The number of amides is 1. The van der Waals surface area contributed by atoms with Crippen LogP contribution in [0.1, 0.15) is 16.8 Å². The van der Waals surface area contributed by atoms with Gasteiger partial charge in [0.25, 0.3) is 11.6 Å². The standard InChI is InChI=1S/C13H14N2O7S/c16-12(14-10-4-5-23(20,21)8-10)7-22-13(17)9-2-1-3-11(6-9)15(18)19/h1-3,6,10H,4-5,7-8H2,(H,14,16)/t10-/m1/s1. The molecule has 0 bridgehead atoms. The van der Waals surface area contributed by atoms with E-state index >= 15 is 0 Å². The van der Waals surface area contributed by atoms with Crippen LogP contribution in [0.3, 0.4) is 0 Å². The molecule has 23 heavy (non-hydrogen) atoms. The molecule has 1 saturated heterocycles. The van der Waals surface area contributed by atoms with Gasteiger partial charge < -0.3 is 10.1 Å². The van der Waals surface area contributed by atoms with Crippen molar-refractivity contribution in [3.63, 3.8) is 0 Å². The Bertz CT molecular complexity index is 744. The second-order valence-corrected chi connectivity index (χ2v) is 7.28. The first kappa shape index (κ1) is 16.9. The monoisotopic (exact) mass is 342 g/mol. The summed E-state index contributed by atoms with van der Waals surface area (Å²) in [6.45, 7) is -0.585. The second-order valence-electron chi connectivity index (χ2n) is 5.05. The summed E-state index contributed by atoms with van der Waals surface area (Å²) in [4.78, 5) is 33.4. The van der Waals surface area contributed by atoms with E-state index in [0.29, 0.717) is 6.42 Å². The summed E-state index contributed by atoms with van der Waals surface area (Å²) in [6.07, 6.45) is 0.326. The number of nitrogens with one attached hydrogen (secondary N) is 1. The van der Waals surface area contributed by atoms with E-state index < -0.39 is 39.3 Å². The summed E-state index contributed by atoms with van der Waals surface area (Å²) in [6, 6.07) is 4.45. The van der Waals surface area contributed by atoms with Gasteiger partial charge in [-0.15, -0.1) is 0 Å².